The third-order valence-electron chi connectivity index (χ3n) is 5.99. The molecule has 2 N–H and O–H groups in total. The summed E-state index contributed by atoms with van der Waals surface area (Å²) in [5.74, 6) is -0.376. The lowest BCUT2D eigenvalue weighted by molar-refractivity contribution is -0.143. The Hall–Kier alpha value is -3.59. The van der Waals surface area contributed by atoms with E-state index >= 15 is 0 Å². The SMILES string of the molecule is Cc1cc(Nc2ncc(-c3ccc(OC(F)F)cc3)cn2)ccc1CN1CCC(C(=O)O)CC1. The van der Waals surface area contributed by atoms with E-state index in [4.69, 9.17) is 5.11 Å². The van der Waals surface area contributed by atoms with Crippen LogP contribution < -0.4 is 10.1 Å². The maximum Gasteiger partial charge on any atom is 0.387 e. The average Bonchev–Trinajstić information content (AvgIpc) is 2.82. The number of halogens is 2. The zero-order valence-corrected chi connectivity index (χ0v) is 18.7. The van der Waals surface area contributed by atoms with Crippen molar-refractivity contribution in [2.24, 2.45) is 5.92 Å². The number of carboxylic acid groups (broad SMARTS) is 1. The number of hydrogen-bond donors (Lipinski definition) is 2. The van der Waals surface area contributed by atoms with E-state index in [9.17, 15) is 13.6 Å². The predicted molar refractivity (Wildman–Crippen MR) is 124 cm³/mol. The van der Waals surface area contributed by atoms with E-state index in [1.54, 1.807) is 24.5 Å². The summed E-state index contributed by atoms with van der Waals surface area (Å²) in [4.78, 5) is 22.1. The van der Waals surface area contributed by atoms with Crippen LogP contribution >= 0.6 is 0 Å². The van der Waals surface area contributed by atoms with Gasteiger partial charge in [-0.1, -0.05) is 18.2 Å². The Kier molecular flexibility index (Phi) is 7.32. The van der Waals surface area contributed by atoms with Gasteiger partial charge in [0, 0.05) is 30.2 Å². The van der Waals surface area contributed by atoms with Gasteiger partial charge in [-0.25, -0.2) is 9.97 Å². The van der Waals surface area contributed by atoms with Crippen LogP contribution in [0.3, 0.4) is 0 Å². The number of ether oxygens (including phenoxy) is 1. The van der Waals surface area contributed by atoms with Crippen LogP contribution in [0.4, 0.5) is 20.4 Å². The standard InChI is InChI=1S/C25H26F2N4O3/c1-16-12-21(5-2-19(16)15-31-10-8-18(9-11-31)23(32)33)30-25-28-13-20(14-29-25)17-3-6-22(7-4-17)34-24(26)27/h2-7,12-14,18,24H,8-11,15H2,1H3,(H,32,33)(H,28,29,30). The summed E-state index contributed by atoms with van der Waals surface area (Å²) in [6, 6.07) is 12.4. The maximum atomic E-state index is 12.3. The van der Waals surface area contributed by atoms with Crippen LogP contribution in [-0.2, 0) is 11.3 Å². The first-order chi connectivity index (χ1) is 16.4. The monoisotopic (exact) mass is 468 g/mol. The summed E-state index contributed by atoms with van der Waals surface area (Å²) in [7, 11) is 0. The second kappa shape index (κ2) is 10.6. The van der Waals surface area contributed by atoms with Crippen molar-refractivity contribution in [3.05, 3.63) is 66.0 Å². The van der Waals surface area contributed by atoms with Gasteiger partial charge < -0.3 is 15.2 Å². The van der Waals surface area contributed by atoms with Crippen molar-refractivity contribution in [1.29, 1.82) is 0 Å². The van der Waals surface area contributed by atoms with Gasteiger partial charge in [-0.3, -0.25) is 9.69 Å². The molecule has 0 amide bonds. The van der Waals surface area contributed by atoms with Crippen LogP contribution in [0.25, 0.3) is 11.1 Å². The fourth-order valence-electron chi connectivity index (χ4n) is 4.03. The zero-order chi connectivity index (χ0) is 24.1. The summed E-state index contributed by atoms with van der Waals surface area (Å²) in [6.07, 6.45) is 4.71. The van der Waals surface area contributed by atoms with Gasteiger partial charge in [0.15, 0.2) is 0 Å². The minimum Gasteiger partial charge on any atom is -0.481 e. The van der Waals surface area contributed by atoms with E-state index in [2.05, 4.69) is 37.9 Å². The fraction of sp³-hybridized carbons (Fsp3) is 0.320. The second-order valence-corrected chi connectivity index (χ2v) is 8.35. The van der Waals surface area contributed by atoms with Gasteiger partial charge in [0.25, 0.3) is 0 Å². The number of alkyl halides is 2. The first kappa shape index (κ1) is 23.6. The molecule has 2 aromatic carbocycles. The summed E-state index contributed by atoms with van der Waals surface area (Å²) < 4.78 is 28.9. The summed E-state index contributed by atoms with van der Waals surface area (Å²) in [5.41, 5.74) is 4.75. The Morgan fingerprint density at radius 2 is 1.79 bits per heavy atom. The number of anilines is 2. The number of nitrogens with zero attached hydrogens (tertiary/aromatic N) is 3. The molecule has 1 saturated heterocycles. The fourth-order valence-corrected chi connectivity index (χ4v) is 4.03. The highest BCUT2D eigenvalue weighted by atomic mass is 19.3. The van der Waals surface area contributed by atoms with Gasteiger partial charge >= 0.3 is 12.6 Å². The number of nitrogens with one attached hydrogen (secondary N) is 1. The van der Waals surface area contributed by atoms with Gasteiger partial charge in [-0.15, -0.1) is 0 Å². The highest BCUT2D eigenvalue weighted by molar-refractivity contribution is 5.70. The van der Waals surface area contributed by atoms with Crippen LogP contribution in [0, 0.1) is 12.8 Å². The van der Waals surface area contributed by atoms with E-state index in [1.165, 1.54) is 17.7 Å². The molecule has 0 radical (unpaired) electrons. The highest BCUT2D eigenvalue weighted by Crippen LogP contribution is 2.25. The Balaban J connectivity index is 1.35. The normalized spacial score (nSPS) is 14.8. The molecule has 0 saturated carbocycles. The molecule has 3 aromatic rings. The van der Waals surface area contributed by atoms with Crippen LogP contribution in [0.1, 0.15) is 24.0 Å². The van der Waals surface area contributed by atoms with Crippen molar-refractivity contribution < 1.29 is 23.4 Å². The largest absolute Gasteiger partial charge is 0.481 e. The number of carbonyl (C=O) groups is 1. The first-order valence-electron chi connectivity index (χ1n) is 11.1. The zero-order valence-electron chi connectivity index (χ0n) is 18.7. The third-order valence-corrected chi connectivity index (χ3v) is 5.99. The Labute approximate surface area is 196 Å². The lowest BCUT2D eigenvalue weighted by Crippen LogP contribution is -2.35. The minimum atomic E-state index is -2.85. The molecule has 4 rings (SSSR count). The van der Waals surface area contributed by atoms with Crippen molar-refractivity contribution in [3.8, 4) is 16.9 Å². The molecule has 0 bridgehead atoms. The Bertz CT molecular complexity index is 1120. The number of piperidine rings is 1. The maximum absolute atomic E-state index is 12.3. The quantitative estimate of drug-likeness (QED) is 0.476. The molecule has 7 nitrogen and oxygen atoms in total. The molecular formula is C25H26F2N4O3. The van der Waals surface area contributed by atoms with Crippen LogP contribution in [0.2, 0.25) is 0 Å². The van der Waals surface area contributed by atoms with E-state index in [-0.39, 0.29) is 11.7 Å². The lowest BCUT2D eigenvalue weighted by Gasteiger charge is -2.30. The van der Waals surface area contributed by atoms with Gasteiger partial charge in [0.1, 0.15) is 5.75 Å². The number of hydrogen-bond acceptors (Lipinski definition) is 6. The van der Waals surface area contributed by atoms with E-state index in [1.807, 2.05) is 12.1 Å². The summed E-state index contributed by atoms with van der Waals surface area (Å²) >= 11 is 0. The van der Waals surface area contributed by atoms with E-state index < -0.39 is 12.6 Å². The molecule has 0 spiro atoms. The number of aryl methyl sites for hydroxylation is 1. The van der Waals surface area contributed by atoms with Crippen LogP contribution in [-0.4, -0.2) is 45.6 Å². The molecule has 0 atom stereocenters. The highest BCUT2D eigenvalue weighted by Gasteiger charge is 2.24. The number of carboxylic acids is 1. The molecule has 34 heavy (non-hydrogen) atoms. The van der Waals surface area contributed by atoms with Crippen LogP contribution in [0.5, 0.6) is 5.75 Å². The first-order valence-corrected chi connectivity index (χ1v) is 11.1. The Morgan fingerprint density at radius 3 is 2.38 bits per heavy atom. The molecule has 178 valence electrons. The number of likely N-dealkylation sites (tertiary alicyclic amines) is 1. The van der Waals surface area contributed by atoms with E-state index in [0.29, 0.717) is 18.8 Å². The third kappa shape index (κ3) is 6.05. The molecule has 2 heterocycles. The van der Waals surface area contributed by atoms with E-state index in [0.717, 1.165) is 42.0 Å². The molecule has 1 aromatic heterocycles. The number of benzene rings is 2. The molecule has 0 unspecified atom stereocenters. The minimum absolute atomic E-state index is 0.0986. The van der Waals surface area contributed by atoms with Gasteiger partial charge in [0.05, 0.1) is 5.92 Å². The van der Waals surface area contributed by atoms with Gasteiger partial charge in [-0.05, 0) is 73.8 Å². The molecule has 1 fully saturated rings. The lowest BCUT2D eigenvalue weighted by atomic mass is 9.96. The molecule has 0 aliphatic carbocycles. The van der Waals surface area contributed by atoms with Gasteiger partial charge in [-0.2, -0.15) is 8.78 Å². The van der Waals surface area contributed by atoms with Crippen molar-refractivity contribution in [2.75, 3.05) is 18.4 Å². The van der Waals surface area contributed by atoms with Crippen molar-refractivity contribution in [1.82, 2.24) is 14.9 Å². The number of aromatic nitrogens is 2. The predicted octanol–water partition coefficient (Wildman–Crippen LogP) is 5.09. The Morgan fingerprint density at radius 1 is 1.12 bits per heavy atom. The topological polar surface area (TPSA) is 87.6 Å². The van der Waals surface area contributed by atoms with Gasteiger partial charge in [0.2, 0.25) is 5.95 Å². The molecule has 9 heteroatoms. The summed E-state index contributed by atoms with van der Waals surface area (Å²) in [5, 5.41) is 12.4. The molecule has 1 aliphatic heterocycles. The average molecular weight is 469 g/mol. The number of rotatable bonds is 8. The summed E-state index contributed by atoms with van der Waals surface area (Å²) in [6.45, 7) is 1.58. The van der Waals surface area contributed by atoms with Crippen LogP contribution in [0.15, 0.2) is 54.9 Å². The van der Waals surface area contributed by atoms with Crippen molar-refractivity contribution >= 4 is 17.6 Å². The molecular weight excluding hydrogens is 442 g/mol. The second-order valence-electron chi connectivity index (χ2n) is 8.35. The smallest absolute Gasteiger partial charge is 0.387 e. The van der Waals surface area contributed by atoms with Crippen molar-refractivity contribution in [2.45, 2.75) is 32.9 Å². The number of aliphatic carboxylic acids is 1. The van der Waals surface area contributed by atoms with Crippen molar-refractivity contribution in [3.63, 3.8) is 0 Å². The molecule has 1 aliphatic rings.